The van der Waals surface area contributed by atoms with Crippen LogP contribution in [0, 0.1) is 0 Å². The van der Waals surface area contributed by atoms with Gasteiger partial charge in [-0.05, 0) is 41.7 Å². The molecule has 5 aromatic heterocycles. The van der Waals surface area contributed by atoms with Gasteiger partial charge in [0.1, 0.15) is 24.2 Å². The van der Waals surface area contributed by atoms with Crippen molar-refractivity contribution in [2.24, 2.45) is 35.2 Å². The molecule has 5 heterocycles. The number of nitrogens with one attached hydrogen (secondary N) is 7. The highest BCUT2D eigenvalue weighted by atomic mass is 16.5. The highest BCUT2D eigenvalue weighted by Gasteiger charge is 2.31. The van der Waals surface area contributed by atoms with Gasteiger partial charge in [-0.3, -0.25) is 34.1 Å². The van der Waals surface area contributed by atoms with Crippen molar-refractivity contribution in [1.82, 2.24) is 43.1 Å². The maximum absolute atomic E-state index is 14.0. The summed E-state index contributed by atoms with van der Waals surface area (Å²) in [7, 11) is 8.11. The van der Waals surface area contributed by atoms with Gasteiger partial charge >= 0.3 is 12.1 Å². The average Bonchev–Trinajstić information content (AvgIpc) is 4.26. The number of carbonyl (C=O) groups is 8. The van der Waals surface area contributed by atoms with E-state index in [0.717, 1.165) is 22.3 Å². The molecule has 0 spiro atoms. The van der Waals surface area contributed by atoms with Crippen LogP contribution < -0.4 is 37.2 Å². The zero-order valence-corrected chi connectivity index (χ0v) is 42.3. The standard InChI is InChI=1S/C51H55N15O10/c1-7-75-49(73)45-57-39(26-65(45)5)58-47(71)37-22-29(24-63(37)3)53-46(70)36(55-51(74)76-28-35-33-14-10-8-12-31(33)32-13-9-11-15-34(32)35)16-17-43(69)61-50-59-38(27-66(50)6)56-41(67)18-19-42(68)60-40-23-30(25-64(40)4)54-48(72)44-52-20-21-62(44)2/h8-15,20-27,35-36H,7,16-19,28H2,1-6H3,(H,53,70)(H,54,72)(H,55,74)(H,56,67)(H,58,71)(H,60,68)(H,59,61,69)/t36-/m0/s1. The van der Waals surface area contributed by atoms with E-state index in [1.807, 2.05) is 48.5 Å². The molecule has 394 valence electrons. The van der Waals surface area contributed by atoms with E-state index in [1.54, 1.807) is 69.8 Å². The van der Waals surface area contributed by atoms with Crippen LogP contribution in [0.25, 0.3) is 11.1 Å². The van der Waals surface area contributed by atoms with Gasteiger partial charge in [0.25, 0.3) is 11.8 Å². The number of imidazole rings is 3. The Labute approximate surface area is 434 Å². The molecule has 0 saturated carbocycles. The summed E-state index contributed by atoms with van der Waals surface area (Å²) >= 11 is 0. The Balaban J connectivity index is 0.870. The molecule has 1 atom stereocenters. The zero-order chi connectivity index (χ0) is 54.2. The molecule has 7 aromatic rings. The van der Waals surface area contributed by atoms with Crippen LogP contribution in [0.2, 0.25) is 0 Å². The van der Waals surface area contributed by atoms with Gasteiger partial charge in [0.2, 0.25) is 35.4 Å². The van der Waals surface area contributed by atoms with Crippen molar-refractivity contribution in [3.05, 3.63) is 126 Å². The molecule has 1 aliphatic carbocycles. The van der Waals surface area contributed by atoms with Crippen molar-refractivity contribution in [2.75, 3.05) is 45.1 Å². The van der Waals surface area contributed by atoms with E-state index in [1.165, 1.54) is 44.6 Å². The molecular formula is C51H55N15O10. The van der Waals surface area contributed by atoms with Gasteiger partial charge in [-0.2, -0.15) is 4.98 Å². The first-order valence-corrected chi connectivity index (χ1v) is 23.9. The lowest BCUT2D eigenvalue weighted by molar-refractivity contribution is -0.121. The molecule has 0 radical (unpaired) electrons. The number of esters is 1. The van der Waals surface area contributed by atoms with E-state index < -0.39 is 53.5 Å². The van der Waals surface area contributed by atoms with Crippen LogP contribution >= 0.6 is 0 Å². The molecule has 0 bridgehead atoms. The van der Waals surface area contributed by atoms with Crippen molar-refractivity contribution < 1.29 is 47.8 Å². The first-order valence-electron chi connectivity index (χ1n) is 23.9. The minimum absolute atomic E-state index is 0.0160. The predicted octanol–water partition coefficient (Wildman–Crippen LogP) is 4.87. The van der Waals surface area contributed by atoms with Crippen LogP contribution in [0.5, 0.6) is 0 Å². The molecule has 8 rings (SSSR count). The van der Waals surface area contributed by atoms with Gasteiger partial charge in [-0.1, -0.05) is 48.5 Å². The molecule has 7 amide bonds. The van der Waals surface area contributed by atoms with Crippen molar-refractivity contribution in [3.8, 4) is 11.1 Å². The number of ether oxygens (including phenoxy) is 2. The summed E-state index contributed by atoms with van der Waals surface area (Å²) in [6.45, 7) is 1.76. The number of fused-ring (bicyclic) bond motifs is 3. The monoisotopic (exact) mass is 1040 g/mol. The van der Waals surface area contributed by atoms with Crippen LogP contribution in [0.3, 0.4) is 0 Å². The molecule has 76 heavy (non-hydrogen) atoms. The highest BCUT2D eigenvalue weighted by molar-refractivity contribution is 6.05. The first-order chi connectivity index (χ1) is 36.4. The van der Waals surface area contributed by atoms with E-state index in [0.29, 0.717) is 11.5 Å². The van der Waals surface area contributed by atoms with Crippen LogP contribution in [0.4, 0.5) is 39.6 Å². The molecule has 0 fully saturated rings. The molecular weight excluding hydrogens is 983 g/mol. The third kappa shape index (κ3) is 12.3. The number of amides is 7. The lowest BCUT2D eigenvalue weighted by Gasteiger charge is -2.19. The average molecular weight is 1040 g/mol. The van der Waals surface area contributed by atoms with Crippen LogP contribution in [0.15, 0.2) is 97.8 Å². The second-order valence-electron chi connectivity index (χ2n) is 17.8. The molecule has 1 aliphatic rings. The fourth-order valence-electron chi connectivity index (χ4n) is 8.50. The van der Waals surface area contributed by atoms with Gasteiger partial charge in [-0.15, -0.1) is 0 Å². The molecule has 2 aromatic carbocycles. The van der Waals surface area contributed by atoms with E-state index >= 15 is 0 Å². The molecule has 0 unspecified atom stereocenters. The minimum Gasteiger partial charge on any atom is -0.460 e. The smallest absolute Gasteiger partial charge is 0.407 e. The number of hydrogen-bond donors (Lipinski definition) is 7. The summed E-state index contributed by atoms with van der Waals surface area (Å²) in [5, 5.41) is 18.7. The lowest BCUT2D eigenvalue weighted by atomic mass is 9.98. The van der Waals surface area contributed by atoms with Crippen molar-refractivity contribution in [2.45, 2.75) is 44.6 Å². The maximum Gasteiger partial charge on any atom is 0.407 e. The maximum atomic E-state index is 14.0. The summed E-state index contributed by atoms with van der Waals surface area (Å²) in [5.41, 5.74) is 4.75. The van der Waals surface area contributed by atoms with Gasteiger partial charge < -0.3 is 64.2 Å². The van der Waals surface area contributed by atoms with E-state index in [4.69, 9.17) is 9.47 Å². The first kappa shape index (κ1) is 52.5. The third-order valence-electron chi connectivity index (χ3n) is 12.2. The normalized spacial score (nSPS) is 11.9. The number of alkyl carbamates (subject to hydrolysis) is 1. The molecule has 25 heteroatoms. The van der Waals surface area contributed by atoms with Crippen LogP contribution in [-0.4, -0.2) is 105 Å². The fourth-order valence-corrected chi connectivity index (χ4v) is 8.50. The van der Waals surface area contributed by atoms with Crippen LogP contribution in [0.1, 0.15) is 81.4 Å². The molecule has 0 saturated heterocycles. The summed E-state index contributed by atoms with van der Waals surface area (Å²) in [6, 6.07) is 17.3. The Hall–Kier alpha value is -9.81. The van der Waals surface area contributed by atoms with Gasteiger partial charge in [-0.25, -0.2) is 19.6 Å². The summed E-state index contributed by atoms with van der Waals surface area (Å²) in [4.78, 5) is 117. The number of aryl methyl sites for hydroxylation is 5. The van der Waals surface area contributed by atoms with Crippen molar-refractivity contribution >= 4 is 82.3 Å². The SMILES string of the molecule is CCOC(=O)c1nc(NC(=O)c2cc(NC(=O)[C@H](CCC(=O)Nc3nc(NC(=O)CCC(=O)Nc4cc(NC(=O)c5nccn5C)cn4C)cn3C)NC(=O)OCC3c4ccccc4-c4ccccc43)cn2C)cn1C. The number of benzene rings is 2. The van der Waals surface area contributed by atoms with Crippen molar-refractivity contribution in [3.63, 3.8) is 0 Å². The molecule has 7 N–H and O–H groups in total. The fraction of sp³-hybridized carbons (Fsp3) is 0.275. The zero-order valence-electron chi connectivity index (χ0n) is 42.3. The Bertz CT molecular complexity index is 3330. The van der Waals surface area contributed by atoms with E-state index in [-0.39, 0.29) is 85.4 Å². The summed E-state index contributed by atoms with van der Waals surface area (Å²) in [5.74, 6) is -3.46. The Morgan fingerprint density at radius 1 is 0.605 bits per heavy atom. The number of hydrogen-bond acceptors (Lipinski definition) is 13. The van der Waals surface area contributed by atoms with E-state index in [9.17, 15) is 38.4 Å². The number of anilines is 6. The number of carbonyl (C=O) groups excluding carboxylic acids is 8. The molecule has 25 nitrogen and oxygen atoms in total. The van der Waals surface area contributed by atoms with Gasteiger partial charge in [0.05, 0.1) is 18.0 Å². The van der Waals surface area contributed by atoms with Gasteiger partial charge in [0.15, 0.2) is 17.5 Å². The minimum atomic E-state index is -1.33. The third-order valence-corrected chi connectivity index (χ3v) is 12.2. The Morgan fingerprint density at radius 3 is 1.92 bits per heavy atom. The Morgan fingerprint density at radius 2 is 1.24 bits per heavy atom. The van der Waals surface area contributed by atoms with Crippen molar-refractivity contribution in [1.29, 1.82) is 0 Å². The predicted molar refractivity (Wildman–Crippen MR) is 277 cm³/mol. The van der Waals surface area contributed by atoms with E-state index in [2.05, 4.69) is 52.2 Å². The lowest BCUT2D eigenvalue weighted by Crippen LogP contribution is -2.44. The highest BCUT2D eigenvalue weighted by Crippen LogP contribution is 2.44. The largest absolute Gasteiger partial charge is 0.460 e. The van der Waals surface area contributed by atoms with Gasteiger partial charge in [0, 0.05) is 104 Å². The number of nitrogens with zero attached hydrogens (tertiary/aromatic N) is 8. The summed E-state index contributed by atoms with van der Waals surface area (Å²) < 4.78 is 18.3. The van der Waals surface area contributed by atoms with Crippen LogP contribution in [-0.2, 0) is 63.9 Å². The molecule has 0 aliphatic heterocycles. The second kappa shape index (κ2) is 22.9. The topological polar surface area (TPSA) is 303 Å². The second-order valence-corrected chi connectivity index (χ2v) is 17.8. The number of rotatable bonds is 20. The Kier molecular flexibility index (Phi) is 15.9. The number of aromatic nitrogens is 8. The summed E-state index contributed by atoms with van der Waals surface area (Å²) in [6.07, 6.45) is 7.32. The quantitative estimate of drug-likeness (QED) is 0.0502.